The lowest BCUT2D eigenvalue weighted by molar-refractivity contribution is -0.158. The highest BCUT2D eigenvalue weighted by Gasteiger charge is 2.44. The fraction of sp³-hybridized carbons (Fsp3) is 0.737. The maximum absolute atomic E-state index is 14.3. The Balaban J connectivity index is 0. The number of ketones is 1. The van der Waals surface area contributed by atoms with Crippen molar-refractivity contribution < 1.29 is 18.7 Å². The Morgan fingerprint density at radius 1 is 1.24 bits per heavy atom. The van der Waals surface area contributed by atoms with Crippen LogP contribution in [0.25, 0.3) is 0 Å². The molecule has 5 nitrogen and oxygen atoms in total. The van der Waals surface area contributed by atoms with E-state index in [-0.39, 0.29) is 37.3 Å². The van der Waals surface area contributed by atoms with Gasteiger partial charge in [0.15, 0.2) is 5.78 Å². The molecule has 146 valence electrons. The zero-order valence-corrected chi connectivity index (χ0v) is 16.6. The van der Waals surface area contributed by atoms with Gasteiger partial charge in [-0.2, -0.15) is 0 Å². The molecule has 0 aliphatic heterocycles. The molecule has 0 spiro atoms. The molecule has 0 fully saturated rings. The average Bonchev–Trinajstić information content (AvgIpc) is 2.57. The van der Waals surface area contributed by atoms with Crippen LogP contribution in [-0.4, -0.2) is 29.7 Å². The summed E-state index contributed by atoms with van der Waals surface area (Å²) in [5.41, 5.74) is 3.73. The summed E-state index contributed by atoms with van der Waals surface area (Å²) in [6, 6.07) is 0. The molecule has 0 bridgehead atoms. The number of ether oxygens (including phenoxy) is 1. The minimum atomic E-state index is -2.14. The van der Waals surface area contributed by atoms with Gasteiger partial charge in [0, 0.05) is 19.0 Å². The highest BCUT2D eigenvalue weighted by molar-refractivity contribution is 6.44. The van der Waals surface area contributed by atoms with Crippen molar-refractivity contribution in [2.75, 3.05) is 6.61 Å². The second-order valence-corrected chi connectivity index (χ2v) is 5.65. The van der Waals surface area contributed by atoms with E-state index in [4.69, 9.17) is 11.1 Å². The molecule has 0 aromatic rings. The van der Waals surface area contributed by atoms with Gasteiger partial charge < -0.3 is 10.5 Å². The number of Topliss-reactive ketones (excluding diaryl/α,β-unsaturated/α-hetero) is 1. The lowest BCUT2D eigenvalue weighted by Gasteiger charge is -2.29. The van der Waals surface area contributed by atoms with Crippen molar-refractivity contribution >= 4 is 17.5 Å². The zero-order valence-electron chi connectivity index (χ0n) is 16.6. The molecule has 0 radical (unpaired) electrons. The number of alkyl halides is 1. The third-order valence-corrected chi connectivity index (χ3v) is 3.63. The molecule has 1 aliphatic rings. The molecule has 0 aromatic carbocycles. The summed E-state index contributed by atoms with van der Waals surface area (Å²) < 4.78 is 19.0. The van der Waals surface area contributed by atoms with E-state index in [2.05, 4.69) is 18.6 Å². The van der Waals surface area contributed by atoms with Crippen LogP contribution in [0.1, 0.15) is 80.1 Å². The Bertz CT molecular complexity index is 473. The van der Waals surface area contributed by atoms with Gasteiger partial charge in [-0.15, -0.1) is 0 Å². The lowest BCUT2D eigenvalue weighted by atomic mass is 9.82. The van der Waals surface area contributed by atoms with Crippen LogP contribution in [0.3, 0.4) is 0 Å². The first-order valence-corrected chi connectivity index (χ1v) is 9.16. The van der Waals surface area contributed by atoms with Crippen molar-refractivity contribution in [1.29, 1.82) is 5.41 Å². The van der Waals surface area contributed by atoms with Gasteiger partial charge in [-0.05, 0) is 25.3 Å². The minimum Gasteiger partial charge on any atom is -0.464 e. The predicted molar refractivity (Wildman–Crippen MR) is 100 cm³/mol. The first kappa shape index (κ1) is 25.5. The SMILES string of the molecule is CC.CCCCC.CCOC(=O)C1(F)CCC(C(=N)C(C)=O)=C(N)C1. The predicted octanol–water partition coefficient (Wildman–Crippen LogP) is 4.49. The standard InChI is InChI=1S/C12H17FN2O3.C5H12.C2H6/c1-3-18-11(17)12(13)5-4-8(9(14)6-12)10(15)7(2)16;1-3-5-4-2;1-2/h15H,3-6,14H2,1-2H3;3-5H2,1-2H3;1-2H3. The van der Waals surface area contributed by atoms with Crippen LogP contribution in [0.5, 0.6) is 0 Å². The molecule has 0 saturated heterocycles. The Kier molecular flexibility index (Phi) is 13.8. The number of hydrogen-bond donors (Lipinski definition) is 2. The number of nitrogens with two attached hydrogens (primary N) is 1. The van der Waals surface area contributed by atoms with Crippen LogP contribution in [0.4, 0.5) is 4.39 Å². The maximum Gasteiger partial charge on any atom is 0.344 e. The highest BCUT2D eigenvalue weighted by Crippen LogP contribution is 2.35. The third-order valence-electron chi connectivity index (χ3n) is 3.63. The Hall–Kier alpha value is -1.72. The summed E-state index contributed by atoms with van der Waals surface area (Å²) in [6.45, 7) is 11.4. The fourth-order valence-electron chi connectivity index (χ4n) is 2.27. The third kappa shape index (κ3) is 8.79. The summed E-state index contributed by atoms with van der Waals surface area (Å²) in [6.07, 6.45) is 3.74. The van der Waals surface area contributed by atoms with Crippen LogP contribution < -0.4 is 5.73 Å². The molecular formula is C19H35FN2O3. The second kappa shape index (κ2) is 13.6. The van der Waals surface area contributed by atoms with Gasteiger partial charge >= 0.3 is 5.97 Å². The van der Waals surface area contributed by atoms with E-state index in [1.165, 1.54) is 26.2 Å². The summed E-state index contributed by atoms with van der Waals surface area (Å²) >= 11 is 0. The van der Waals surface area contributed by atoms with Gasteiger partial charge in [0.2, 0.25) is 5.67 Å². The number of nitrogens with one attached hydrogen (secondary N) is 1. The van der Waals surface area contributed by atoms with E-state index >= 15 is 0 Å². The molecule has 1 aliphatic carbocycles. The van der Waals surface area contributed by atoms with E-state index in [1.807, 2.05) is 13.8 Å². The van der Waals surface area contributed by atoms with Crippen LogP contribution in [0.15, 0.2) is 11.3 Å². The summed E-state index contributed by atoms with van der Waals surface area (Å²) in [4.78, 5) is 22.6. The van der Waals surface area contributed by atoms with Crippen LogP contribution >= 0.6 is 0 Å². The van der Waals surface area contributed by atoms with Gasteiger partial charge in [-0.25, -0.2) is 9.18 Å². The van der Waals surface area contributed by atoms with Crippen molar-refractivity contribution in [3.8, 4) is 0 Å². The van der Waals surface area contributed by atoms with Gasteiger partial charge in [0.1, 0.15) is 5.71 Å². The summed E-state index contributed by atoms with van der Waals surface area (Å²) in [5, 5.41) is 7.56. The van der Waals surface area contributed by atoms with Crippen molar-refractivity contribution in [3.05, 3.63) is 11.3 Å². The molecule has 0 aromatic heterocycles. The molecular weight excluding hydrogens is 323 g/mol. The largest absolute Gasteiger partial charge is 0.464 e. The number of carbonyl (C=O) groups is 2. The van der Waals surface area contributed by atoms with E-state index in [0.717, 1.165) is 0 Å². The van der Waals surface area contributed by atoms with Crippen molar-refractivity contribution in [2.24, 2.45) is 5.73 Å². The van der Waals surface area contributed by atoms with Gasteiger partial charge in [-0.1, -0.05) is 47.0 Å². The fourth-order valence-corrected chi connectivity index (χ4v) is 2.27. The zero-order chi connectivity index (χ0) is 20.0. The molecule has 25 heavy (non-hydrogen) atoms. The molecule has 1 rings (SSSR count). The first-order chi connectivity index (χ1) is 11.7. The van der Waals surface area contributed by atoms with E-state index < -0.39 is 17.4 Å². The monoisotopic (exact) mass is 358 g/mol. The van der Waals surface area contributed by atoms with E-state index in [1.54, 1.807) is 6.92 Å². The number of esters is 1. The molecule has 3 N–H and O–H groups in total. The maximum atomic E-state index is 14.3. The number of unbranched alkanes of at least 4 members (excludes halogenated alkanes) is 2. The first-order valence-electron chi connectivity index (χ1n) is 9.16. The molecule has 1 atom stereocenters. The minimum absolute atomic E-state index is 0.0806. The van der Waals surface area contributed by atoms with Gasteiger partial charge in [0.05, 0.1) is 6.61 Å². The topological polar surface area (TPSA) is 93.2 Å². The molecule has 0 heterocycles. The second-order valence-electron chi connectivity index (χ2n) is 5.65. The molecule has 0 saturated carbocycles. The van der Waals surface area contributed by atoms with Gasteiger partial charge in [-0.3, -0.25) is 10.2 Å². The number of rotatable bonds is 6. The van der Waals surface area contributed by atoms with E-state index in [0.29, 0.717) is 5.57 Å². The van der Waals surface area contributed by atoms with Crippen LogP contribution in [-0.2, 0) is 14.3 Å². The van der Waals surface area contributed by atoms with Gasteiger partial charge in [0.25, 0.3) is 0 Å². The van der Waals surface area contributed by atoms with Crippen LogP contribution in [0, 0.1) is 5.41 Å². The summed E-state index contributed by atoms with van der Waals surface area (Å²) in [5.74, 6) is -1.35. The Labute approximate surface area is 151 Å². The number of allylic oxidation sites excluding steroid dienone is 2. The summed E-state index contributed by atoms with van der Waals surface area (Å²) in [7, 11) is 0. The van der Waals surface area contributed by atoms with Crippen molar-refractivity contribution in [2.45, 2.75) is 85.7 Å². The number of halogens is 1. The number of hydrogen-bond acceptors (Lipinski definition) is 5. The van der Waals surface area contributed by atoms with Crippen molar-refractivity contribution in [1.82, 2.24) is 0 Å². The quantitative estimate of drug-likeness (QED) is 0.540. The Morgan fingerprint density at radius 3 is 2.08 bits per heavy atom. The molecule has 6 heteroatoms. The smallest absolute Gasteiger partial charge is 0.344 e. The highest BCUT2D eigenvalue weighted by atomic mass is 19.1. The molecule has 0 amide bonds. The lowest BCUT2D eigenvalue weighted by Crippen LogP contribution is -2.41. The molecule has 1 unspecified atom stereocenters. The number of carbonyl (C=O) groups excluding carboxylic acids is 2. The average molecular weight is 358 g/mol. The Morgan fingerprint density at radius 2 is 1.76 bits per heavy atom. The van der Waals surface area contributed by atoms with Crippen LogP contribution in [0.2, 0.25) is 0 Å². The van der Waals surface area contributed by atoms with E-state index in [9.17, 15) is 14.0 Å². The normalized spacial score (nSPS) is 19.0. The van der Waals surface area contributed by atoms with Crippen molar-refractivity contribution in [3.63, 3.8) is 0 Å².